The Morgan fingerprint density at radius 2 is 1.94 bits per heavy atom. The minimum atomic E-state index is 0.511. The van der Waals surface area contributed by atoms with Crippen molar-refractivity contribution >= 4 is 0 Å². The summed E-state index contributed by atoms with van der Waals surface area (Å²) in [7, 11) is 0. The molecule has 98 valence electrons. The summed E-state index contributed by atoms with van der Waals surface area (Å²) in [5, 5.41) is 7.42. The summed E-state index contributed by atoms with van der Waals surface area (Å²) in [5.41, 5.74) is 3.04. The van der Waals surface area contributed by atoms with Gasteiger partial charge in [-0.25, -0.2) is 0 Å². The molecule has 1 aliphatic carbocycles. The molecule has 18 heavy (non-hydrogen) atoms. The molecule has 0 saturated heterocycles. The van der Waals surface area contributed by atoms with Crippen LogP contribution in [0.15, 0.2) is 24.3 Å². The minimum absolute atomic E-state index is 0.511. The van der Waals surface area contributed by atoms with Crippen LogP contribution in [0.1, 0.15) is 49.3 Å². The minimum Gasteiger partial charge on any atom is -0.312 e. The second-order valence-corrected chi connectivity index (χ2v) is 5.70. The number of rotatable bonds is 3. The fourth-order valence-corrected chi connectivity index (χ4v) is 3.37. The van der Waals surface area contributed by atoms with E-state index < -0.39 is 0 Å². The molecule has 1 heterocycles. The van der Waals surface area contributed by atoms with Gasteiger partial charge in [-0.2, -0.15) is 0 Å². The first-order valence-corrected chi connectivity index (χ1v) is 7.48. The maximum Gasteiger partial charge on any atom is 0.0449 e. The van der Waals surface area contributed by atoms with Crippen molar-refractivity contribution in [1.29, 1.82) is 0 Å². The van der Waals surface area contributed by atoms with E-state index in [4.69, 9.17) is 0 Å². The monoisotopic (exact) mass is 244 g/mol. The van der Waals surface area contributed by atoms with Gasteiger partial charge in [-0.15, -0.1) is 0 Å². The number of benzene rings is 1. The van der Waals surface area contributed by atoms with Gasteiger partial charge in [-0.3, -0.25) is 0 Å². The smallest absolute Gasteiger partial charge is 0.0449 e. The van der Waals surface area contributed by atoms with E-state index in [1.807, 2.05) is 0 Å². The van der Waals surface area contributed by atoms with Crippen LogP contribution >= 0.6 is 0 Å². The van der Waals surface area contributed by atoms with Gasteiger partial charge in [0, 0.05) is 18.6 Å². The zero-order chi connectivity index (χ0) is 12.2. The van der Waals surface area contributed by atoms with Crippen LogP contribution in [0.3, 0.4) is 0 Å². The van der Waals surface area contributed by atoms with Crippen molar-refractivity contribution in [2.45, 2.75) is 50.6 Å². The quantitative estimate of drug-likeness (QED) is 0.854. The highest BCUT2D eigenvalue weighted by atomic mass is 15.0. The molecule has 1 fully saturated rings. The molecule has 0 radical (unpaired) electrons. The summed E-state index contributed by atoms with van der Waals surface area (Å²) < 4.78 is 0. The van der Waals surface area contributed by atoms with Gasteiger partial charge < -0.3 is 10.6 Å². The summed E-state index contributed by atoms with van der Waals surface area (Å²) >= 11 is 0. The lowest BCUT2D eigenvalue weighted by Gasteiger charge is -2.30. The predicted octanol–water partition coefficient (Wildman–Crippen LogP) is 2.80. The van der Waals surface area contributed by atoms with E-state index in [2.05, 4.69) is 34.9 Å². The summed E-state index contributed by atoms with van der Waals surface area (Å²) in [6.07, 6.45) is 8.17. The molecular formula is C16H24N2. The molecule has 3 rings (SSSR count). The Morgan fingerprint density at radius 3 is 2.83 bits per heavy atom. The van der Waals surface area contributed by atoms with Crippen LogP contribution in [0, 0.1) is 0 Å². The van der Waals surface area contributed by atoms with Crippen molar-refractivity contribution < 1.29 is 0 Å². The van der Waals surface area contributed by atoms with E-state index in [1.54, 1.807) is 0 Å². The van der Waals surface area contributed by atoms with Crippen LogP contribution in [0.4, 0.5) is 0 Å². The Hall–Kier alpha value is -0.860. The molecule has 0 aromatic heterocycles. The standard InChI is InChI=1S/C16H24N2/c1-2-7-14(8-3-1)18-12-16-15-9-5-4-6-13(15)10-11-17-16/h4-6,9,14,16-18H,1-3,7-8,10-12H2. The van der Waals surface area contributed by atoms with Crippen LogP contribution in [0.25, 0.3) is 0 Å². The lowest BCUT2D eigenvalue weighted by atomic mass is 9.92. The molecule has 1 aliphatic heterocycles. The SMILES string of the molecule is c1ccc2c(c1)CCNC2CNC1CCCCC1. The molecule has 2 aliphatic rings. The molecule has 2 N–H and O–H groups in total. The van der Waals surface area contributed by atoms with E-state index in [-0.39, 0.29) is 0 Å². The Kier molecular flexibility index (Phi) is 3.96. The second-order valence-electron chi connectivity index (χ2n) is 5.70. The van der Waals surface area contributed by atoms with Gasteiger partial charge in [-0.05, 0) is 36.9 Å². The Morgan fingerprint density at radius 1 is 1.11 bits per heavy atom. The zero-order valence-electron chi connectivity index (χ0n) is 11.1. The highest BCUT2D eigenvalue weighted by molar-refractivity contribution is 5.32. The maximum absolute atomic E-state index is 3.77. The first kappa shape index (κ1) is 12.2. The lowest BCUT2D eigenvalue weighted by Crippen LogP contribution is -2.41. The molecule has 1 unspecified atom stereocenters. The van der Waals surface area contributed by atoms with Crippen LogP contribution in [-0.2, 0) is 6.42 Å². The third-order valence-corrected chi connectivity index (χ3v) is 4.43. The van der Waals surface area contributed by atoms with Crippen molar-refractivity contribution in [3.05, 3.63) is 35.4 Å². The number of hydrogen-bond donors (Lipinski definition) is 2. The van der Waals surface area contributed by atoms with Gasteiger partial charge in [0.05, 0.1) is 0 Å². The molecule has 1 atom stereocenters. The molecule has 0 spiro atoms. The van der Waals surface area contributed by atoms with Crippen molar-refractivity contribution in [2.24, 2.45) is 0 Å². The highest BCUT2D eigenvalue weighted by Crippen LogP contribution is 2.23. The van der Waals surface area contributed by atoms with E-state index >= 15 is 0 Å². The Balaban J connectivity index is 1.60. The first-order valence-electron chi connectivity index (χ1n) is 7.48. The molecule has 2 nitrogen and oxygen atoms in total. The molecule has 0 bridgehead atoms. The fraction of sp³-hybridized carbons (Fsp3) is 0.625. The van der Waals surface area contributed by atoms with Gasteiger partial charge in [0.15, 0.2) is 0 Å². The molecule has 1 aromatic rings. The Bertz CT molecular complexity index is 382. The average molecular weight is 244 g/mol. The van der Waals surface area contributed by atoms with E-state index in [0.29, 0.717) is 6.04 Å². The second kappa shape index (κ2) is 5.85. The largest absolute Gasteiger partial charge is 0.312 e. The van der Waals surface area contributed by atoms with Crippen LogP contribution in [0.5, 0.6) is 0 Å². The third-order valence-electron chi connectivity index (χ3n) is 4.43. The summed E-state index contributed by atoms with van der Waals surface area (Å²) in [5.74, 6) is 0. The van der Waals surface area contributed by atoms with Crippen molar-refractivity contribution in [1.82, 2.24) is 10.6 Å². The first-order chi connectivity index (χ1) is 8.93. The van der Waals surface area contributed by atoms with E-state index in [0.717, 1.165) is 19.1 Å². The normalized spacial score (nSPS) is 24.8. The maximum atomic E-state index is 3.77. The van der Waals surface area contributed by atoms with Crippen molar-refractivity contribution in [3.8, 4) is 0 Å². The fourth-order valence-electron chi connectivity index (χ4n) is 3.37. The molecule has 2 heteroatoms. The molecule has 1 saturated carbocycles. The number of nitrogens with one attached hydrogen (secondary N) is 2. The van der Waals surface area contributed by atoms with Crippen LogP contribution in [0.2, 0.25) is 0 Å². The van der Waals surface area contributed by atoms with Crippen LogP contribution in [-0.4, -0.2) is 19.1 Å². The van der Waals surface area contributed by atoms with Gasteiger partial charge >= 0.3 is 0 Å². The molecule has 0 amide bonds. The van der Waals surface area contributed by atoms with E-state index in [1.165, 1.54) is 49.7 Å². The summed E-state index contributed by atoms with van der Waals surface area (Å²) in [6, 6.07) is 10.2. The van der Waals surface area contributed by atoms with E-state index in [9.17, 15) is 0 Å². The van der Waals surface area contributed by atoms with Crippen molar-refractivity contribution in [3.63, 3.8) is 0 Å². The zero-order valence-corrected chi connectivity index (χ0v) is 11.1. The lowest BCUT2D eigenvalue weighted by molar-refractivity contribution is 0.349. The van der Waals surface area contributed by atoms with Gasteiger partial charge in [0.1, 0.15) is 0 Å². The average Bonchev–Trinajstić information content (AvgIpc) is 2.46. The van der Waals surface area contributed by atoms with Gasteiger partial charge in [0.25, 0.3) is 0 Å². The summed E-state index contributed by atoms with van der Waals surface area (Å²) in [4.78, 5) is 0. The Labute approximate surface area is 110 Å². The topological polar surface area (TPSA) is 24.1 Å². The summed E-state index contributed by atoms with van der Waals surface area (Å²) in [6.45, 7) is 2.20. The third kappa shape index (κ3) is 2.76. The van der Waals surface area contributed by atoms with Crippen molar-refractivity contribution in [2.75, 3.05) is 13.1 Å². The predicted molar refractivity (Wildman–Crippen MR) is 75.8 cm³/mol. The molecular weight excluding hydrogens is 220 g/mol. The number of fused-ring (bicyclic) bond motifs is 1. The van der Waals surface area contributed by atoms with Gasteiger partial charge in [-0.1, -0.05) is 43.5 Å². The number of hydrogen-bond acceptors (Lipinski definition) is 2. The highest BCUT2D eigenvalue weighted by Gasteiger charge is 2.20. The van der Waals surface area contributed by atoms with Gasteiger partial charge in [0.2, 0.25) is 0 Å². The van der Waals surface area contributed by atoms with Crippen LogP contribution < -0.4 is 10.6 Å². The molecule has 1 aromatic carbocycles.